The molecule has 4 rings (SSSR count). The standard InChI is InChI=1S/C20H16N4O2/c1-13-5-7-16(8-6-13)22-18-19-21-9-10-24(19)12-17(23-18)14-3-2-4-15(11-14)20(25)26/h2-12H,1H3,(H,22,23)(H,25,26). The first kappa shape index (κ1) is 15.8. The summed E-state index contributed by atoms with van der Waals surface area (Å²) in [6.45, 7) is 2.03. The third-order valence-corrected chi connectivity index (χ3v) is 4.09. The minimum Gasteiger partial charge on any atom is -0.478 e. The Kier molecular flexibility index (Phi) is 3.85. The average Bonchev–Trinajstić information content (AvgIpc) is 3.12. The highest BCUT2D eigenvalue weighted by atomic mass is 16.4. The number of anilines is 2. The van der Waals surface area contributed by atoms with Crippen molar-refractivity contribution in [3.63, 3.8) is 0 Å². The van der Waals surface area contributed by atoms with Gasteiger partial charge in [0.05, 0.1) is 11.3 Å². The Morgan fingerprint density at radius 3 is 2.73 bits per heavy atom. The van der Waals surface area contributed by atoms with Crippen LogP contribution in [-0.2, 0) is 0 Å². The van der Waals surface area contributed by atoms with E-state index in [1.54, 1.807) is 24.4 Å². The second-order valence-corrected chi connectivity index (χ2v) is 6.01. The topological polar surface area (TPSA) is 79.5 Å². The molecule has 2 N–H and O–H groups in total. The van der Waals surface area contributed by atoms with Gasteiger partial charge in [0.1, 0.15) is 0 Å². The quantitative estimate of drug-likeness (QED) is 0.581. The van der Waals surface area contributed by atoms with E-state index in [4.69, 9.17) is 0 Å². The number of aromatic carboxylic acids is 1. The van der Waals surface area contributed by atoms with Crippen molar-refractivity contribution in [2.75, 3.05) is 5.32 Å². The zero-order valence-electron chi connectivity index (χ0n) is 14.0. The first-order valence-electron chi connectivity index (χ1n) is 8.11. The maximum atomic E-state index is 11.2. The fraction of sp³-hybridized carbons (Fsp3) is 0.0500. The summed E-state index contributed by atoms with van der Waals surface area (Å²) in [5.74, 6) is -0.356. The van der Waals surface area contributed by atoms with Gasteiger partial charge >= 0.3 is 5.97 Å². The van der Waals surface area contributed by atoms with Crippen LogP contribution in [-0.4, -0.2) is 25.4 Å². The van der Waals surface area contributed by atoms with Crippen LogP contribution >= 0.6 is 0 Å². The number of hydrogen-bond donors (Lipinski definition) is 2. The Labute approximate surface area is 149 Å². The van der Waals surface area contributed by atoms with Gasteiger partial charge in [-0.15, -0.1) is 0 Å². The van der Waals surface area contributed by atoms with E-state index in [1.807, 2.05) is 54.0 Å². The minimum absolute atomic E-state index is 0.225. The van der Waals surface area contributed by atoms with Crippen LogP contribution in [0, 0.1) is 6.92 Å². The molecule has 6 nitrogen and oxygen atoms in total. The third kappa shape index (κ3) is 3.00. The van der Waals surface area contributed by atoms with E-state index < -0.39 is 5.97 Å². The second kappa shape index (κ2) is 6.33. The van der Waals surface area contributed by atoms with Gasteiger partial charge in [0, 0.05) is 29.8 Å². The van der Waals surface area contributed by atoms with Gasteiger partial charge < -0.3 is 14.8 Å². The van der Waals surface area contributed by atoms with Crippen molar-refractivity contribution >= 4 is 23.1 Å². The Morgan fingerprint density at radius 1 is 1.15 bits per heavy atom. The van der Waals surface area contributed by atoms with E-state index >= 15 is 0 Å². The number of nitrogens with one attached hydrogen (secondary N) is 1. The SMILES string of the molecule is Cc1ccc(Nc2nc(-c3cccc(C(=O)O)c3)cn3ccnc23)cc1. The van der Waals surface area contributed by atoms with Gasteiger partial charge in [-0.1, -0.05) is 29.8 Å². The molecule has 0 unspecified atom stereocenters. The highest BCUT2D eigenvalue weighted by molar-refractivity contribution is 5.89. The zero-order chi connectivity index (χ0) is 18.1. The first-order chi connectivity index (χ1) is 12.6. The second-order valence-electron chi connectivity index (χ2n) is 6.01. The van der Waals surface area contributed by atoms with Gasteiger partial charge in [-0.2, -0.15) is 0 Å². The molecule has 0 spiro atoms. The molecular weight excluding hydrogens is 328 g/mol. The molecular formula is C20H16N4O2. The number of aryl methyl sites for hydroxylation is 1. The van der Waals surface area contributed by atoms with Gasteiger partial charge in [0.15, 0.2) is 11.5 Å². The van der Waals surface area contributed by atoms with E-state index in [1.165, 1.54) is 5.56 Å². The lowest BCUT2D eigenvalue weighted by Gasteiger charge is -2.10. The molecule has 26 heavy (non-hydrogen) atoms. The van der Waals surface area contributed by atoms with E-state index in [2.05, 4.69) is 15.3 Å². The highest BCUT2D eigenvalue weighted by Crippen LogP contribution is 2.25. The van der Waals surface area contributed by atoms with E-state index in [0.29, 0.717) is 17.2 Å². The minimum atomic E-state index is -0.964. The van der Waals surface area contributed by atoms with Crippen LogP contribution in [0.4, 0.5) is 11.5 Å². The summed E-state index contributed by atoms with van der Waals surface area (Å²) in [5, 5.41) is 12.5. The van der Waals surface area contributed by atoms with Gasteiger partial charge in [0.25, 0.3) is 0 Å². The molecule has 128 valence electrons. The fourth-order valence-electron chi connectivity index (χ4n) is 2.74. The molecule has 0 aliphatic carbocycles. The molecule has 2 heterocycles. The zero-order valence-corrected chi connectivity index (χ0v) is 14.0. The smallest absolute Gasteiger partial charge is 0.335 e. The van der Waals surface area contributed by atoms with E-state index in [9.17, 15) is 9.90 Å². The summed E-state index contributed by atoms with van der Waals surface area (Å²) < 4.78 is 1.87. The van der Waals surface area contributed by atoms with Gasteiger partial charge in [-0.05, 0) is 31.2 Å². The summed E-state index contributed by atoms with van der Waals surface area (Å²) in [7, 11) is 0. The largest absolute Gasteiger partial charge is 0.478 e. The van der Waals surface area contributed by atoms with Crippen molar-refractivity contribution in [2.45, 2.75) is 6.92 Å². The number of carboxylic acid groups (broad SMARTS) is 1. The van der Waals surface area contributed by atoms with Gasteiger partial charge in [-0.25, -0.2) is 14.8 Å². The maximum Gasteiger partial charge on any atom is 0.335 e. The molecule has 6 heteroatoms. The van der Waals surface area contributed by atoms with E-state index in [-0.39, 0.29) is 5.56 Å². The predicted octanol–water partition coefficient (Wildman–Crippen LogP) is 4.15. The van der Waals surface area contributed by atoms with Crippen LogP contribution in [0.3, 0.4) is 0 Å². The maximum absolute atomic E-state index is 11.2. The van der Waals surface area contributed by atoms with Crippen LogP contribution in [0.1, 0.15) is 15.9 Å². The molecule has 0 saturated heterocycles. The third-order valence-electron chi connectivity index (χ3n) is 4.09. The van der Waals surface area contributed by atoms with Crippen LogP contribution in [0.25, 0.3) is 16.9 Å². The molecule has 0 fully saturated rings. The lowest BCUT2D eigenvalue weighted by atomic mass is 10.1. The summed E-state index contributed by atoms with van der Waals surface area (Å²) in [5.41, 5.74) is 4.39. The van der Waals surface area contributed by atoms with Gasteiger partial charge in [-0.3, -0.25) is 0 Å². The summed E-state index contributed by atoms with van der Waals surface area (Å²) in [6, 6.07) is 14.7. The van der Waals surface area contributed by atoms with Crippen molar-refractivity contribution in [1.29, 1.82) is 0 Å². The Balaban J connectivity index is 1.81. The highest BCUT2D eigenvalue weighted by Gasteiger charge is 2.11. The molecule has 0 aliphatic rings. The number of fused-ring (bicyclic) bond motifs is 1. The number of aromatic nitrogens is 3. The Bertz CT molecular complexity index is 1100. The number of benzene rings is 2. The lowest BCUT2D eigenvalue weighted by molar-refractivity contribution is 0.0697. The van der Waals surface area contributed by atoms with Crippen LogP contribution in [0.15, 0.2) is 67.1 Å². The molecule has 0 saturated carbocycles. The molecule has 4 aromatic rings. The fourth-order valence-corrected chi connectivity index (χ4v) is 2.74. The molecule has 2 aromatic carbocycles. The van der Waals surface area contributed by atoms with Crippen molar-refractivity contribution in [2.24, 2.45) is 0 Å². The molecule has 0 bridgehead atoms. The number of carbonyl (C=O) groups is 1. The van der Waals surface area contributed by atoms with Crippen LogP contribution in [0.2, 0.25) is 0 Å². The van der Waals surface area contributed by atoms with Crippen molar-refractivity contribution < 1.29 is 9.90 Å². The van der Waals surface area contributed by atoms with Gasteiger partial charge in [0.2, 0.25) is 0 Å². The number of hydrogen-bond acceptors (Lipinski definition) is 4. The normalized spacial score (nSPS) is 10.8. The average molecular weight is 344 g/mol. The van der Waals surface area contributed by atoms with Crippen LogP contribution in [0.5, 0.6) is 0 Å². The number of carboxylic acids is 1. The lowest BCUT2D eigenvalue weighted by Crippen LogP contribution is -2.01. The molecule has 0 atom stereocenters. The molecule has 0 amide bonds. The number of nitrogens with zero attached hydrogens (tertiary/aromatic N) is 3. The van der Waals surface area contributed by atoms with Crippen LogP contribution < -0.4 is 5.32 Å². The molecule has 0 aliphatic heterocycles. The Morgan fingerprint density at radius 2 is 1.96 bits per heavy atom. The number of rotatable bonds is 4. The predicted molar refractivity (Wildman–Crippen MR) is 99.8 cm³/mol. The summed E-state index contributed by atoms with van der Waals surface area (Å²) in [6.07, 6.45) is 5.38. The summed E-state index contributed by atoms with van der Waals surface area (Å²) >= 11 is 0. The first-order valence-corrected chi connectivity index (χ1v) is 8.11. The monoisotopic (exact) mass is 344 g/mol. The van der Waals surface area contributed by atoms with Crippen molar-refractivity contribution in [3.05, 3.63) is 78.2 Å². The van der Waals surface area contributed by atoms with Crippen molar-refractivity contribution in [3.8, 4) is 11.3 Å². The number of imidazole rings is 1. The molecule has 2 aromatic heterocycles. The Hall–Kier alpha value is -3.67. The summed E-state index contributed by atoms with van der Waals surface area (Å²) in [4.78, 5) is 20.3. The van der Waals surface area contributed by atoms with E-state index in [0.717, 1.165) is 11.3 Å². The molecule has 0 radical (unpaired) electrons. The van der Waals surface area contributed by atoms with Crippen molar-refractivity contribution in [1.82, 2.24) is 14.4 Å².